The van der Waals surface area contributed by atoms with Crippen molar-refractivity contribution in [1.82, 2.24) is 19.7 Å². The Labute approximate surface area is 190 Å². The van der Waals surface area contributed by atoms with Crippen molar-refractivity contribution in [1.29, 1.82) is 0 Å². The summed E-state index contributed by atoms with van der Waals surface area (Å²) in [6.07, 6.45) is 0.356. The molecule has 4 rings (SSSR count). The highest BCUT2D eigenvalue weighted by atomic mass is 79.9. The summed E-state index contributed by atoms with van der Waals surface area (Å²) in [4.78, 5) is 17.9. The Balaban J connectivity index is 0.00000289. The second-order valence-electron chi connectivity index (χ2n) is 8.07. The molecule has 12 heteroatoms. The summed E-state index contributed by atoms with van der Waals surface area (Å²) in [5.41, 5.74) is -1.87. The molecule has 2 aliphatic heterocycles. The van der Waals surface area contributed by atoms with Crippen LogP contribution < -0.4 is 5.32 Å². The molecule has 2 aliphatic rings. The quantitative estimate of drug-likeness (QED) is 0.453. The Morgan fingerprint density at radius 1 is 1.41 bits per heavy atom. The lowest BCUT2D eigenvalue weighted by atomic mass is 9.94. The van der Waals surface area contributed by atoms with Gasteiger partial charge in [0.2, 0.25) is 0 Å². The number of amides is 2. The largest absolute Gasteiger partial charge is 0.385 e. The van der Waals surface area contributed by atoms with Crippen molar-refractivity contribution in [3.8, 4) is 0 Å². The van der Waals surface area contributed by atoms with E-state index in [1.54, 1.807) is 6.92 Å². The van der Waals surface area contributed by atoms with Crippen LogP contribution in [-0.4, -0.2) is 49.1 Å². The second-order valence-corrected chi connectivity index (χ2v) is 8.82. The first-order valence-corrected chi connectivity index (χ1v) is 10.5. The average molecular weight is 522 g/mol. The number of fused-ring (bicyclic) bond motifs is 3. The zero-order valence-corrected chi connectivity index (χ0v) is 18.1. The molecule has 176 valence electrons. The first-order chi connectivity index (χ1) is 14.5. The van der Waals surface area contributed by atoms with Crippen LogP contribution in [0.25, 0.3) is 0 Å². The number of carbonyl (C=O) groups is 1. The van der Waals surface area contributed by atoms with Gasteiger partial charge in [0.1, 0.15) is 22.6 Å². The van der Waals surface area contributed by atoms with Crippen LogP contribution in [0.5, 0.6) is 0 Å². The minimum absolute atomic E-state index is 0. The number of anilines is 1. The van der Waals surface area contributed by atoms with Crippen molar-refractivity contribution >= 4 is 27.6 Å². The summed E-state index contributed by atoms with van der Waals surface area (Å²) < 4.78 is 58.3. The van der Waals surface area contributed by atoms with Crippen LogP contribution in [0.4, 0.5) is 28.0 Å². The van der Waals surface area contributed by atoms with Gasteiger partial charge in [-0.05, 0) is 35.3 Å². The highest BCUT2D eigenvalue weighted by Gasteiger charge is 2.48. The molecular weight excluding hydrogens is 498 g/mol. The monoisotopic (exact) mass is 521 g/mol. The highest BCUT2D eigenvalue weighted by molar-refractivity contribution is 9.10. The summed E-state index contributed by atoms with van der Waals surface area (Å²) in [5, 5.41) is 17.0. The summed E-state index contributed by atoms with van der Waals surface area (Å²) in [6.45, 7) is 0.000415. The van der Waals surface area contributed by atoms with E-state index in [-0.39, 0.29) is 36.2 Å². The van der Waals surface area contributed by atoms with E-state index in [1.165, 1.54) is 17.2 Å². The number of aliphatic hydroxyl groups is 1. The number of nitrogens with zero attached hydrogens (tertiary/aromatic N) is 4. The number of urea groups is 1. The van der Waals surface area contributed by atoms with Gasteiger partial charge in [-0.15, -0.1) is 0 Å². The normalized spacial score (nSPS) is 24.1. The van der Waals surface area contributed by atoms with Crippen LogP contribution in [0.15, 0.2) is 16.9 Å². The topological polar surface area (TPSA) is 83.3 Å². The fourth-order valence-electron chi connectivity index (χ4n) is 4.07. The second kappa shape index (κ2) is 8.62. The van der Waals surface area contributed by atoms with Crippen molar-refractivity contribution in [2.24, 2.45) is 0 Å². The maximum atomic E-state index is 15.0. The van der Waals surface area contributed by atoms with Crippen molar-refractivity contribution in [2.75, 3.05) is 12.0 Å². The van der Waals surface area contributed by atoms with Crippen LogP contribution >= 0.6 is 15.9 Å². The number of nitrogens with one attached hydrogen (secondary N) is 1. The van der Waals surface area contributed by atoms with E-state index in [2.05, 4.69) is 31.3 Å². The fraction of sp³-hybridized carbons (Fsp3) is 0.550. The predicted molar refractivity (Wildman–Crippen MR) is 113 cm³/mol. The van der Waals surface area contributed by atoms with Crippen LogP contribution in [-0.2, 0) is 25.4 Å². The van der Waals surface area contributed by atoms with Gasteiger partial charge in [0.15, 0.2) is 5.82 Å². The van der Waals surface area contributed by atoms with E-state index in [0.29, 0.717) is 5.69 Å². The van der Waals surface area contributed by atoms with Gasteiger partial charge in [0.05, 0.1) is 24.5 Å². The molecule has 2 N–H and O–H groups in total. The Kier molecular flexibility index (Phi) is 6.58. The van der Waals surface area contributed by atoms with E-state index in [4.69, 9.17) is 0 Å². The number of pyridine rings is 1. The Hall–Kier alpha value is -2.21. The van der Waals surface area contributed by atoms with Crippen molar-refractivity contribution in [3.63, 3.8) is 0 Å². The Bertz CT molecular complexity index is 1030. The van der Waals surface area contributed by atoms with Crippen molar-refractivity contribution in [3.05, 3.63) is 39.6 Å². The first kappa shape index (κ1) is 24.4. The third kappa shape index (κ3) is 4.21. The summed E-state index contributed by atoms with van der Waals surface area (Å²) >= 11 is 2.94. The first-order valence-electron chi connectivity index (χ1n) is 9.67. The maximum absolute atomic E-state index is 15.0. The van der Waals surface area contributed by atoms with Gasteiger partial charge in [-0.1, -0.05) is 7.43 Å². The smallest absolute Gasteiger partial charge is 0.322 e. The van der Waals surface area contributed by atoms with Gasteiger partial charge in [-0.25, -0.2) is 18.6 Å². The molecule has 2 amide bonds. The predicted octanol–water partition coefficient (Wildman–Crippen LogP) is 4.38. The van der Waals surface area contributed by atoms with E-state index in [0.717, 1.165) is 4.68 Å². The van der Waals surface area contributed by atoms with Gasteiger partial charge >= 0.3 is 6.03 Å². The fourth-order valence-corrected chi connectivity index (χ4v) is 4.40. The number of aromatic nitrogens is 3. The van der Waals surface area contributed by atoms with E-state index >= 15 is 0 Å². The highest BCUT2D eigenvalue weighted by Crippen LogP contribution is 2.43. The molecule has 0 saturated heterocycles. The Morgan fingerprint density at radius 2 is 2.12 bits per heavy atom. The molecule has 7 nitrogen and oxygen atoms in total. The lowest BCUT2D eigenvalue weighted by Gasteiger charge is -2.33. The molecule has 0 radical (unpaired) electrons. The maximum Gasteiger partial charge on any atom is 0.322 e. The van der Waals surface area contributed by atoms with Crippen LogP contribution in [0.1, 0.15) is 44.1 Å². The minimum atomic E-state index is -3.34. The summed E-state index contributed by atoms with van der Waals surface area (Å²) in [6, 6.07) is 0.219. The van der Waals surface area contributed by atoms with Gasteiger partial charge < -0.3 is 15.3 Å². The van der Waals surface area contributed by atoms with Crippen LogP contribution in [0, 0.1) is 5.82 Å². The third-order valence-corrected chi connectivity index (χ3v) is 6.33. The number of hydrogen-bond acceptors (Lipinski definition) is 4. The zero-order chi connectivity index (χ0) is 22.6. The lowest BCUT2D eigenvalue weighted by Crippen LogP contribution is -2.45. The molecular formula is C20H24BrF4N5O2. The average Bonchev–Trinajstić information content (AvgIpc) is 3.01. The lowest BCUT2D eigenvalue weighted by molar-refractivity contribution is -0.0474. The molecule has 32 heavy (non-hydrogen) atoms. The van der Waals surface area contributed by atoms with E-state index in [1.807, 2.05) is 0 Å². The minimum Gasteiger partial charge on any atom is -0.385 e. The zero-order valence-electron chi connectivity index (χ0n) is 16.5. The molecule has 0 spiro atoms. The van der Waals surface area contributed by atoms with Gasteiger partial charge in [-0.3, -0.25) is 4.68 Å². The van der Waals surface area contributed by atoms with E-state index in [9.17, 15) is 27.5 Å². The molecule has 0 aromatic carbocycles. The van der Waals surface area contributed by atoms with Crippen molar-refractivity contribution < 1.29 is 27.5 Å². The Morgan fingerprint density at radius 3 is 2.81 bits per heavy atom. The molecule has 0 saturated carbocycles. The summed E-state index contributed by atoms with van der Waals surface area (Å²) in [7, 11) is 0. The molecule has 2 aromatic heterocycles. The molecule has 0 bridgehead atoms. The molecule has 0 fully saturated rings. The van der Waals surface area contributed by atoms with Gasteiger partial charge in [-0.2, -0.15) is 13.9 Å². The SMILES string of the molecule is C.C[C@@H]1Cc2nn3c(c2CN1C(=O)Nc1ccnc(Br)c1F)C(F)(F)CC[C@@](O)(CF)C3. The number of alkyl halides is 3. The number of carbonyl (C=O) groups excluding carboxylic acids is 1. The van der Waals surface area contributed by atoms with E-state index < -0.39 is 61.2 Å². The number of rotatable bonds is 2. The molecule has 2 aromatic rings. The van der Waals surface area contributed by atoms with Crippen molar-refractivity contribution in [2.45, 2.75) is 64.3 Å². The van der Waals surface area contributed by atoms with Gasteiger partial charge in [0.25, 0.3) is 5.92 Å². The number of halogens is 5. The number of hydrogen-bond donors (Lipinski definition) is 2. The van der Waals surface area contributed by atoms with Gasteiger partial charge in [0, 0.05) is 30.6 Å². The molecule has 4 heterocycles. The third-order valence-electron chi connectivity index (χ3n) is 5.78. The van der Waals surface area contributed by atoms with Crippen LogP contribution in [0.3, 0.4) is 0 Å². The molecule has 0 aliphatic carbocycles. The standard InChI is InChI=1S/C19H20BrF4N5O2.CH4/c1-10-6-13-11(7-28(10)17(30)26-12-2-5-25-16(20)14(12)22)15-19(23,24)4-3-18(31,8-21)9-29(15)27-13;/h2,5,10,31H,3-4,6-9H2,1H3,(H,25,26,30);1H4/t10-,18-;/m1./s1. The molecule has 2 atom stereocenters. The van der Waals surface area contributed by atoms with Crippen LogP contribution in [0.2, 0.25) is 0 Å². The summed E-state index contributed by atoms with van der Waals surface area (Å²) in [5.74, 6) is -4.09. The molecule has 0 unspecified atom stereocenters.